The molecule has 3 rings (SSSR count). The highest BCUT2D eigenvalue weighted by Crippen LogP contribution is 2.44. The number of amides is 1. The van der Waals surface area contributed by atoms with Gasteiger partial charge in [0.2, 0.25) is 0 Å². The first-order valence-electron chi connectivity index (χ1n) is 6.36. The molecule has 0 radical (unpaired) electrons. The third-order valence-corrected chi connectivity index (χ3v) is 3.51. The Morgan fingerprint density at radius 3 is 2.35 bits per heavy atom. The molecule has 102 valence electrons. The third kappa shape index (κ3) is 1.77. The number of benzene rings is 2. The molecule has 20 heavy (non-hydrogen) atoms. The third-order valence-electron chi connectivity index (χ3n) is 3.51. The zero-order chi connectivity index (χ0) is 14.1. The highest BCUT2D eigenvalue weighted by Gasteiger charge is 2.35. The van der Waals surface area contributed by atoms with Crippen molar-refractivity contribution < 1.29 is 14.3 Å². The highest BCUT2D eigenvalue weighted by atomic mass is 16.6. The quantitative estimate of drug-likeness (QED) is 0.794. The van der Waals surface area contributed by atoms with Gasteiger partial charge in [-0.2, -0.15) is 0 Å². The van der Waals surface area contributed by atoms with Crippen molar-refractivity contribution in [3.63, 3.8) is 0 Å². The van der Waals surface area contributed by atoms with Crippen molar-refractivity contribution in [2.75, 3.05) is 19.1 Å². The predicted octanol–water partition coefficient (Wildman–Crippen LogP) is 3.59. The number of rotatable bonds is 1. The molecule has 1 aliphatic rings. The molecule has 1 heterocycles. The van der Waals surface area contributed by atoms with Gasteiger partial charge in [-0.3, -0.25) is 0 Å². The first kappa shape index (κ1) is 12.7. The van der Waals surface area contributed by atoms with Crippen LogP contribution in [-0.2, 0) is 9.47 Å². The second kappa shape index (κ2) is 4.98. The van der Waals surface area contributed by atoms with Crippen molar-refractivity contribution in [2.45, 2.75) is 6.23 Å². The molecule has 0 aliphatic carbocycles. The van der Waals surface area contributed by atoms with E-state index in [-0.39, 0.29) is 0 Å². The van der Waals surface area contributed by atoms with Gasteiger partial charge in [0.15, 0.2) is 6.23 Å². The van der Waals surface area contributed by atoms with E-state index in [4.69, 9.17) is 9.47 Å². The van der Waals surface area contributed by atoms with Crippen LogP contribution in [0.1, 0.15) is 11.8 Å². The standard InChI is InChI=1S/C16H15NO3/c1-19-15-13-9-4-3-7-11(13)12-8-5-6-10-14(12)17(15)16(18)20-2/h3-10,15H,1-2H3. The smallest absolute Gasteiger partial charge is 0.416 e. The van der Waals surface area contributed by atoms with Crippen molar-refractivity contribution in [1.29, 1.82) is 0 Å². The molecular weight excluding hydrogens is 254 g/mol. The van der Waals surface area contributed by atoms with Crippen LogP contribution in [-0.4, -0.2) is 20.3 Å². The van der Waals surface area contributed by atoms with Gasteiger partial charge in [0, 0.05) is 18.2 Å². The lowest BCUT2D eigenvalue weighted by molar-refractivity contribution is 0.0897. The van der Waals surface area contributed by atoms with Crippen molar-refractivity contribution in [3.05, 3.63) is 54.1 Å². The lowest BCUT2D eigenvalue weighted by Gasteiger charge is -2.36. The fourth-order valence-corrected chi connectivity index (χ4v) is 2.66. The summed E-state index contributed by atoms with van der Waals surface area (Å²) in [6.45, 7) is 0. The molecule has 0 bridgehead atoms. The monoisotopic (exact) mass is 269 g/mol. The summed E-state index contributed by atoms with van der Waals surface area (Å²) in [5.41, 5.74) is 3.83. The maximum absolute atomic E-state index is 12.1. The predicted molar refractivity (Wildman–Crippen MR) is 76.5 cm³/mol. The number of hydrogen-bond donors (Lipinski definition) is 0. The van der Waals surface area contributed by atoms with Crippen LogP contribution in [0.4, 0.5) is 10.5 Å². The van der Waals surface area contributed by atoms with Crippen molar-refractivity contribution >= 4 is 11.8 Å². The summed E-state index contributed by atoms with van der Waals surface area (Å²) in [4.78, 5) is 13.7. The van der Waals surface area contributed by atoms with Crippen LogP contribution in [0.25, 0.3) is 11.1 Å². The molecular formula is C16H15NO3. The van der Waals surface area contributed by atoms with E-state index < -0.39 is 12.3 Å². The van der Waals surface area contributed by atoms with E-state index in [0.29, 0.717) is 0 Å². The molecule has 0 spiro atoms. The molecule has 0 saturated carbocycles. The van der Waals surface area contributed by atoms with Gasteiger partial charge in [-0.25, -0.2) is 9.69 Å². The second-order valence-corrected chi connectivity index (χ2v) is 4.53. The minimum Gasteiger partial charge on any atom is -0.452 e. The zero-order valence-corrected chi connectivity index (χ0v) is 11.4. The van der Waals surface area contributed by atoms with Crippen LogP contribution >= 0.6 is 0 Å². The minimum absolute atomic E-state index is 0.432. The molecule has 0 saturated heterocycles. The number of para-hydroxylation sites is 1. The van der Waals surface area contributed by atoms with Crippen LogP contribution in [0.15, 0.2) is 48.5 Å². The largest absolute Gasteiger partial charge is 0.452 e. The fourth-order valence-electron chi connectivity index (χ4n) is 2.66. The van der Waals surface area contributed by atoms with E-state index in [2.05, 4.69) is 0 Å². The molecule has 0 aromatic heterocycles. The lowest BCUT2D eigenvalue weighted by atomic mass is 9.92. The molecule has 4 nitrogen and oxygen atoms in total. The summed E-state index contributed by atoms with van der Waals surface area (Å²) in [7, 11) is 2.96. The van der Waals surface area contributed by atoms with E-state index in [9.17, 15) is 4.79 Å². The Morgan fingerprint density at radius 2 is 1.65 bits per heavy atom. The Kier molecular flexibility index (Phi) is 3.16. The minimum atomic E-state index is -0.478. The van der Waals surface area contributed by atoms with Gasteiger partial charge in [0.05, 0.1) is 12.8 Å². The van der Waals surface area contributed by atoms with Crippen LogP contribution in [0, 0.1) is 0 Å². The average Bonchev–Trinajstić information content (AvgIpc) is 2.52. The fraction of sp³-hybridized carbons (Fsp3) is 0.188. The molecule has 4 heteroatoms. The van der Waals surface area contributed by atoms with Gasteiger partial charge in [0.25, 0.3) is 0 Å². The first-order valence-corrected chi connectivity index (χ1v) is 6.36. The molecule has 0 N–H and O–H groups in total. The van der Waals surface area contributed by atoms with Crippen molar-refractivity contribution in [1.82, 2.24) is 0 Å². The second-order valence-electron chi connectivity index (χ2n) is 4.53. The van der Waals surface area contributed by atoms with Gasteiger partial charge in [-0.1, -0.05) is 42.5 Å². The number of methoxy groups -OCH3 is 2. The Morgan fingerprint density at radius 1 is 1.00 bits per heavy atom. The van der Waals surface area contributed by atoms with E-state index in [0.717, 1.165) is 22.4 Å². The molecule has 2 aromatic carbocycles. The highest BCUT2D eigenvalue weighted by molar-refractivity contribution is 5.97. The number of nitrogens with zero attached hydrogens (tertiary/aromatic N) is 1. The van der Waals surface area contributed by atoms with Gasteiger partial charge in [-0.15, -0.1) is 0 Å². The Bertz CT molecular complexity index is 654. The van der Waals surface area contributed by atoms with Gasteiger partial charge < -0.3 is 9.47 Å². The van der Waals surface area contributed by atoms with Gasteiger partial charge in [-0.05, 0) is 11.6 Å². The Labute approximate surface area is 117 Å². The summed E-state index contributed by atoms with van der Waals surface area (Å²) < 4.78 is 10.4. The Balaban J connectivity index is 2.27. The first-order chi connectivity index (χ1) is 9.77. The summed E-state index contributed by atoms with van der Waals surface area (Å²) in [5, 5.41) is 0. The molecule has 1 aliphatic heterocycles. The summed E-state index contributed by atoms with van der Waals surface area (Å²) >= 11 is 0. The zero-order valence-electron chi connectivity index (χ0n) is 11.4. The normalized spacial score (nSPS) is 16.3. The van der Waals surface area contributed by atoms with E-state index >= 15 is 0 Å². The molecule has 2 aromatic rings. The number of ether oxygens (including phenoxy) is 2. The number of anilines is 1. The molecule has 0 fully saturated rings. The van der Waals surface area contributed by atoms with E-state index in [1.165, 1.54) is 12.0 Å². The molecule has 1 unspecified atom stereocenters. The summed E-state index contributed by atoms with van der Waals surface area (Å²) in [6.07, 6.45) is -0.910. The SMILES string of the molecule is COC(=O)N1c2ccccc2-c2ccccc2C1OC. The lowest BCUT2D eigenvalue weighted by Crippen LogP contribution is -2.38. The number of fused-ring (bicyclic) bond motifs is 3. The number of hydrogen-bond acceptors (Lipinski definition) is 3. The van der Waals surface area contributed by atoms with Crippen LogP contribution in [0.2, 0.25) is 0 Å². The van der Waals surface area contributed by atoms with Crippen molar-refractivity contribution in [3.8, 4) is 11.1 Å². The maximum atomic E-state index is 12.1. The van der Waals surface area contributed by atoms with Crippen LogP contribution in [0.5, 0.6) is 0 Å². The van der Waals surface area contributed by atoms with Gasteiger partial charge in [0.1, 0.15) is 0 Å². The van der Waals surface area contributed by atoms with Gasteiger partial charge >= 0.3 is 6.09 Å². The Hall–Kier alpha value is -2.33. The van der Waals surface area contributed by atoms with Crippen LogP contribution in [0.3, 0.4) is 0 Å². The van der Waals surface area contributed by atoms with Crippen molar-refractivity contribution in [2.24, 2.45) is 0 Å². The number of carbonyl (C=O) groups excluding carboxylic acids is 1. The maximum Gasteiger partial charge on any atom is 0.416 e. The topological polar surface area (TPSA) is 38.8 Å². The summed E-state index contributed by atoms with van der Waals surface area (Å²) in [6, 6.07) is 15.7. The van der Waals surface area contributed by atoms with E-state index in [1.807, 2.05) is 48.5 Å². The average molecular weight is 269 g/mol. The molecule has 1 atom stereocenters. The van der Waals surface area contributed by atoms with E-state index in [1.54, 1.807) is 7.11 Å². The number of carbonyl (C=O) groups is 1. The van der Waals surface area contributed by atoms with Crippen LogP contribution < -0.4 is 4.90 Å². The summed E-state index contributed by atoms with van der Waals surface area (Å²) in [5.74, 6) is 0. The molecule has 1 amide bonds.